The van der Waals surface area contributed by atoms with Crippen LogP contribution in [0, 0.1) is 0 Å². The van der Waals surface area contributed by atoms with Gasteiger partial charge in [-0.1, -0.05) is 51.9 Å². The summed E-state index contributed by atoms with van der Waals surface area (Å²) in [6.45, 7) is 6.34. The van der Waals surface area contributed by atoms with Gasteiger partial charge in [-0.2, -0.15) is 0 Å². The molecule has 0 unspecified atom stereocenters. The fourth-order valence-electron chi connectivity index (χ4n) is 2.23. The molecule has 22 heavy (non-hydrogen) atoms. The number of esters is 2. The Hall–Kier alpha value is -1.32. The van der Waals surface area contributed by atoms with Crippen LogP contribution in [0.3, 0.4) is 0 Å². The molecule has 128 valence electrons. The standard InChI is InChI=1S/C18H32O4/c1-4-7-8-9-10-11-12-13-14-16(18(20)22-6-3)15-17(19)21-5-2/h15H,4-14H2,1-3H3. The first-order valence-electron chi connectivity index (χ1n) is 8.70. The predicted octanol–water partition coefficient (Wildman–Crippen LogP) is 4.57. The van der Waals surface area contributed by atoms with Crippen LogP contribution in [0.25, 0.3) is 0 Å². The summed E-state index contributed by atoms with van der Waals surface area (Å²) in [5.74, 6) is -0.872. The van der Waals surface area contributed by atoms with E-state index in [9.17, 15) is 9.59 Å². The van der Waals surface area contributed by atoms with Gasteiger partial charge < -0.3 is 9.47 Å². The third-order valence-corrected chi connectivity index (χ3v) is 3.42. The Bertz CT molecular complexity index is 334. The number of hydrogen-bond donors (Lipinski definition) is 0. The van der Waals surface area contributed by atoms with Gasteiger partial charge in [-0.25, -0.2) is 9.59 Å². The van der Waals surface area contributed by atoms with E-state index in [2.05, 4.69) is 6.92 Å². The van der Waals surface area contributed by atoms with E-state index >= 15 is 0 Å². The van der Waals surface area contributed by atoms with E-state index in [1.54, 1.807) is 13.8 Å². The number of ether oxygens (including phenoxy) is 2. The van der Waals surface area contributed by atoms with Crippen molar-refractivity contribution in [1.29, 1.82) is 0 Å². The molecule has 4 heteroatoms. The molecule has 0 aromatic heterocycles. The van der Waals surface area contributed by atoms with Crippen molar-refractivity contribution in [3.8, 4) is 0 Å². The molecule has 0 saturated heterocycles. The van der Waals surface area contributed by atoms with E-state index in [-0.39, 0.29) is 0 Å². The summed E-state index contributed by atoms with van der Waals surface area (Å²) in [5, 5.41) is 0. The second-order valence-corrected chi connectivity index (χ2v) is 5.37. The van der Waals surface area contributed by atoms with Gasteiger partial charge in [0, 0.05) is 11.6 Å². The molecule has 0 amide bonds. The third kappa shape index (κ3) is 11.4. The summed E-state index contributed by atoms with van der Waals surface area (Å²) in [4.78, 5) is 23.3. The minimum Gasteiger partial charge on any atom is -0.463 e. The Morgan fingerprint density at radius 2 is 1.32 bits per heavy atom. The summed E-state index contributed by atoms with van der Waals surface area (Å²) in [6, 6.07) is 0. The molecule has 0 saturated carbocycles. The zero-order valence-electron chi connectivity index (χ0n) is 14.5. The van der Waals surface area contributed by atoms with Crippen LogP contribution in [-0.4, -0.2) is 25.2 Å². The molecule has 0 rings (SSSR count). The van der Waals surface area contributed by atoms with Crippen molar-refractivity contribution in [2.45, 2.75) is 78.6 Å². The van der Waals surface area contributed by atoms with Gasteiger partial charge in [-0.05, 0) is 26.7 Å². The molecule has 0 fully saturated rings. The van der Waals surface area contributed by atoms with Gasteiger partial charge >= 0.3 is 11.9 Å². The highest BCUT2D eigenvalue weighted by atomic mass is 16.5. The maximum atomic E-state index is 11.8. The molecule has 0 aromatic carbocycles. The average Bonchev–Trinajstić information content (AvgIpc) is 2.49. The van der Waals surface area contributed by atoms with Crippen LogP contribution >= 0.6 is 0 Å². The molecule has 0 aliphatic carbocycles. The molecule has 0 bridgehead atoms. The highest BCUT2D eigenvalue weighted by Gasteiger charge is 2.12. The predicted molar refractivity (Wildman–Crippen MR) is 88.6 cm³/mol. The van der Waals surface area contributed by atoms with Crippen LogP contribution in [0.4, 0.5) is 0 Å². The summed E-state index contributed by atoms with van der Waals surface area (Å²) < 4.78 is 9.85. The number of carbonyl (C=O) groups is 2. The first kappa shape index (κ1) is 20.7. The summed E-state index contributed by atoms with van der Waals surface area (Å²) in [6.07, 6.45) is 11.4. The SMILES string of the molecule is CCCCCCCCCCC(=CC(=O)OCC)C(=O)OCC. The molecule has 0 radical (unpaired) electrons. The molecule has 0 aliphatic rings. The Morgan fingerprint density at radius 3 is 1.86 bits per heavy atom. The lowest BCUT2D eigenvalue weighted by Crippen LogP contribution is -2.11. The van der Waals surface area contributed by atoms with E-state index in [4.69, 9.17) is 9.47 Å². The Balaban J connectivity index is 4.08. The summed E-state index contributed by atoms with van der Waals surface area (Å²) in [5.41, 5.74) is 0.422. The van der Waals surface area contributed by atoms with Crippen molar-refractivity contribution in [3.63, 3.8) is 0 Å². The molecule has 0 N–H and O–H groups in total. The monoisotopic (exact) mass is 312 g/mol. The molecular formula is C18H32O4. The Kier molecular flexibility index (Phi) is 13.7. The minimum absolute atomic E-state index is 0.309. The van der Waals surface area contributed by atoms with Crippen LogP contribution in [0.2, 0.25) is 0 Å². The normalized spacial score (nSPS) is 11.3. The average molecular weight is 312 g/mol. The van der Waals surface area contributed by atoms with Gasteiger partial charge in [-0.15, -0.1) is 0 Å². The van der Waals surface area contributed by atoms with Gasteiger partial charge in [-0.3, -0.25) is 0 Å². The number of unbranched alkanes of at least 4 members (excludes halogenated alkanes) is 7. The number of hydrogen-bond acceptors (Lipinski definition) is 4. The maximum absolute atomic E-state index is 11.8. The minimum atomic E-state index is -0.467. The zero-order chi connectivity index (χ0) is 16.6. The molecule has 0 aliphatic heterocycles. The largest absolute Gasteiger partial charge is 0.463 e. The second kappa shape index (κ2) is 14.6. The Labute approximate surface area is 135 Å². The van der Waals surface area contributed by atoms with Gasteiger partial charge in [0.25, 0.3) is 0 Å². The molecular weight excluding hydrogens is 280 g/mol. The van der Waals surface area contributed by atoms with Crippen LogP contribution in [0.1, 0.15) is 78.6 Å². The van der Waals surface area contributed by atoms with Crippen LogP contribution in [0.15, 0.2) is 11.6 Å². The zero-order valence-corrected chi connectivity index (χ0v) is 14.5. The first-order valence-corrected chi connectivity index (χ1v) is 8.70. The Morgan fingerprint density at radius 1 is 0.773 bits per heavy atom. The van der Waals surface area contributed by atoms with E-state index in [1.165, 1.54) is 44.6 Å². The van der Waals surface area contributed by atoms with Crippen molar-refractivity contribution in [1.82, 2.24) is 0 Å². The highest BCUT2D eigenvalue weighted by molar-refractivity contribution is 5.96. The van der Waals surface area contributed by atoms with E-state index in [0.717, 1.165) is 12.8 Å². The van der Waals surface area contributed by atoms with Gasteiger partial charge in [0.2, 0.25) is 0 Å². The van der Waals surface area contributed by atoms with Crippen molar-refractivity contribution >= 4 is 11.9 Å². The maximum Gasteiger partial charge on any atom is 0.334 e. The number of rotatable bonds is 13. The molecule has 0 spiro atoms. The van der Waals surface area contributed by atoms with Crippen molar-refractivity contribution in [2.24, 2.45) is 0 Å². The lowest BCUT2D eigenvalue weighted by molar-refractivity contribution is -0.141. The van der Waals surface area contributed by atoms with Crippen molar-refractivity contribution < 1.29 is 19.1 Å². The molecule has 4 nitrogen and oxygen atoms in total. The third-order valence-electron chi connectivity index (χ3n) is 3.42. The second-order valence-electron chi connectivity index (χ2n) is 5.37. The molecule has 0 heterocycles. The van der Waals surface area contributed by atoms with Crippen LogP contribution < -0.4 is 0 Å². The van der Waals surface area contributed by atoms with E-state index < -0.39 is 11.9 Å². The quantitative estimate of drug-likeness (QED) is 0.284. The molecule has 0 atom stereocenters. The molecule has 0 aromatic rings. The number of carbonyl (C=O) groups excluding carboxylic acids is 2. The fraction of sp³-hybridized carbons (Fsp3) is 0.778. The van der Waals surface area contributed by atoms with E-state index in [0.29, 0.717) is 25.2 Å². The van der Waals surface area contributed by atoms with Gasteiger partial charge in [0.15, 0.2) is 0 Å². The van der Waals surface area contributed by atoms with Crippen molar-refractivity contribution in [2.75, 3.05) is 13.2 Å². The summed E-state index contributed by atoms with van der Waals surface area (Å²) in [7, 11) is 0. The lowest BCUT2D eigenvalue weighted by Gasteiger charge is -2.07. The van der Waals surface area contributed by atoms with E-state index in [1.807, 2.05) is 0 Å². The smallest absolute Gasteiger partial charge is 0.334 e. The van der Waals surface area contributed by atoms with Crippen LogP contribution in [-0.2, 0) is 19.1 Å². The first-order chi connectivity index (χ1) is 10.7. The fourth-order valence-corrected chi connectivity index (χ4v) is 2.23. The van der Waals surface area contributed by atoms with Gasteiger partial charge in [0.1, 0.15) is 0 Å². The topological polar surface area (TPSA) is 52.6 Å². The lowest BCUT2D eigenvalue weighted by atomic mass is 10.0. The summed E-state index contributed by atoms with van der Waals surface area (Å²) >= 11 is 0. The van der Waals surface area contributed by atoms with Crippen LogP contribution in [0.5, 0.6) is 0 Å². The highest BCUT2D eigenvalue weighted by Crippen LogP contribution is 2.14. The van der Waals surface area contributed by atoms with Gasteiger partial charge in [0.05, 0.1) is 13.2 Å². The van der Waals surface area contributed by atoms with Crippen molar-refractivity contribution in [3.05, 3.63) is 11.6 Å².